The van der Waals surface area contributed by atoms with Gasteiger partial charge in [0.1, 0.15) is 5.75 Å². The Balaban J connectivity index is 1.82. The van der Waals surface area contributed by atoms with E-state index in [0.29, 0.717) is 18.7 Å². The molecule has 28 heavy (non-hydrogen) atoms. The number of carbonyl (C=O) groups is 1. The van der Waals surface area contributed by atoms with Crippen molar-refractivity contribution >= 4 is 17.0 Å². The maximum absolute atomic E-state index is 12.9. The van der Waals surface area contributed by atoms with Crippen molar-refractivity contribution in [3.8, 4) is 11.5 Å². The number of nitrogens with one attached hydrogen (secondary N) is 1. The minimum absolute atomic E-state index is 0.0689. The number of aryl methyl sites for hydroxylation is 2. The first-order chi connectivity index (χ1) is 13.5. The SMILES string of the molecule is CCCn1c(=O)c(OC(=O)NCc2ccc(OC)cc2)c(C)c2ccccc21. The highest BCUT2D eigenvalue weighted by atomic mass is 16.6. The van der Waals surface area contributed by atoms with Crippen LogP contribution in [0.5, 0.6) is 11.5 Å². The molecule has 3 aromatic rings. The van der Waals surface area contributed by atoms with Crippen molar-refractivity contribution in [2.45, 2.75) is 33.4 Å². The third-order valence-electron chi connectivity index (χ3n) is 4.62. The number of hydrogen-bond donors (Lipinski definition) is 1. The van der Waals surface area contributed by atoms with Gasteiger partial charge in [0.2, 0.25) is 5.75 Å². The minimum atomic E-state index is -0.658. The van der Waals surface area contributed by atoms with Gasteiger partial charge >= 0.3 is 6.09 Å². The molecule has 0 atom stereocenters. The Morgan fingerprint density at radius 2 is 1.82 bits per heavy atom. The summed E-state index contributed by atoms with van der Waals surface area (Å²) in [7, 11) is 1.60. The van der Waals surface area contributed by atoms with E-state index in [0.717, 1.165) is 28.6 Å². The molecule has 0 aliphatic heterocycles. The van der Waals surface area contributed by atoms with Crippen LogP contribution in [-0.2, 0) is 13.1 Å². The van der Waals surface area contributed by atoms with Gasteiger partial charge in [0.05, 0.1) is 12.6 Å². The summed E-state index contributed by atoms with van der Waals surface area (Å²) >= 11 is 0. The third-order valence-corrected chi connectivity index (χ3v) is 4.62. The molecule has 1 aromatic heterocycles. The number of aromatic nitrogens is 1. The average Bonchev–Trinajstić information content (AvgIpc) is 2.73. The molecule has 0 radical (unpaired) electrons. The van der Waals surface area contributed by atoms with Crippen molar-refractivity contribution in [3.05, 3.63) is 70.0 Å². The number of carbonyl (C=O) groups excluding carboxylic acids is 1. The summed E-state index contributed by atoms with van der Waals surface area (Å²) in [5.41, 5.74) is 2.11. The molecule has 0 aliphatic carbocycles. The number of benzene rings is 2. The van der Waals surface area contributed by atoms with Crippen LogP contribution in [0.2, 0.25) is 0 Å². The van der Waals surface area contributed by atoms with Gasteiger partial charge in [-0.2, -0.15) is 0 Å². The van der Waals surface area contributed by atoms with Gasteiger partial charge in [0.15, 0.2) is 0 Å². The fourth-order valence-electron chi connectivity index (χ4n) is 3.15. The molecule has 146 valence electrons. The molecular formula is C22H24N2O4. The molecule has 0 fully saturated rings. The monoisotopic (exact) mass is 380 g/mol. The van der Waals surface area contributed by atoms with E-state index in [1.54, 1.807) is 18.6 Å². The average molecular weight is 380 g/mol. The van der Waals surface area contributed by atoms with E-state index in [2.05, 4.69) is 5.32 Å². The normalized spacial score (nSPS) is 10.7. The summed E-state index contributed by atoms with van der Waals surface area (Å²) in [5.74, 6) is 0.814. The smallest absolute Gasteiger partial charge is 0.413 e. The third kappa shape index (κ3) is 4.01. The van der Waals surface area contributed by atoms with Gasteiger partial charge in [-0.1, -0.05) is 37.3 Å². The van der Waals surface area contributed by atoms with Crippen molar-refractivity contribution in [2.24, 2.45) is 0 Å². The van der Waals surface area contributed by atoms with Crippen LogP contribution in [-0.4, -0.2) is 17.8 Å². The fraction of sp³-hybridized carbons (Fsp3) is 0.273. The van der Waals surface area contributed by atoms with Crippen LogP contribution >= 0.6 is 0 Å². The first kappa shape index (κ1) is 19.5. The lowest BCUT2D eigenvalue weighted by Gasteiger charge is -2.15. The molecule has 0 spiro atoms. The van der Waals surface area contributed by atoms with Crippen LogP contribution in [0.4, 0.5) is 4.79 Å². The number of para-hydroxylation sites is 1. The Morgan fingerprint density at radius 1 is 1.11 bits per heavy atom. The Kier molecular flexibility index (Phi) is 5.99. The van der Waals surface area contributed by atoms with Gasteiger partial charge in [-0.25, -0.2) is 4.79 Å². The molecule has 3 rings (SSSR count). The predicted octanol–water partition coefficient (Wildman–Crippen LogP) is 4.02. The summed E-state index contributed by atoms with van der Waals surface area (Å²) in [5, 5.41) is 3.59. The van der Waals surface area contributed by atoms with E-state index in [1.165, 1.54) is 0 Å². The maximum Gasteiger partial charge on any atom is 0.413 e. The molecule has 1 amide bonds. The molecule has 2 aromatic carbocycles. The number of pyridine rings is 1. The topological polar surface area (TPSA) is 69.6 Å². The highest BCUT2D eigenvalue weighted by Crippen LogP contribution is 2.24. The second-order valence-electron chi connectivity index (χ2n) is 6.52. The molecule has 6 heteroatoms. The van der Waals surface area contributed by atoms with Crippen LogP contribution in [0.1, 0.15) is 24.5 Å². The second kappa shape index (κ2) is 8.61. The number of fused-ring (bicyclic) bond motifs is 1. The van der Waals surface area contributed by atoms with E-state index in [-0.39, 0.29) is 11.3 Å². The lowest BCUT2D eigenvalue weighted by atomic mass is 10.1. The Hall–Kier alpha value is -3.28. The van der Waals surface area contributed by atoms with Crippen LogP contribution in [0, 0.1) is 6.92 Å². The highest BCUT2D eigenvalue weighted by molar-refractivity contribution is 5.85. The summed E-state index contributed by atoms with van der Waals surface area (Å²) in [6, 6.07) is 15.0. The van der Waals surface area contributed by atoms with E-state index in [1.807, 2.05) is 55.5 Å². The predicted molar refractivity (Wildman–Crippen MR) is 109 cm³/mol. The van der Waals surface area contributed by atoms with Crippen molar-refractivity contribution in [1.29, 1.82) is 0 Å². The van der Waals surface area contributed by atoms with Gasteiger partial charge in [-0.15, -0.1) is 0 Å². The number of methoxy groups -OCH3 is 1. The lowest BCUT2D eigenvalue weighted by Crippen LogP contribution is -2.31. The second-order valence-corrected chi connectivity index (χ2v) is 6.52. The molecule has 0 aliphatic rings. The molecule has 6 nitrogen and oxygen atoms in total. The number of rotatable bonds is 6. The Labute approximate surface area is 163 Å². The summed E-state index contributed by atoms with van der Waals surface area (Å²) < 4.78 is 12.2. The quantitative estimate of drug-likeness (QED) is 0.701. The zero-order chi connectivity index (χ0) is 20.1. The molecule has 0 saturated heterocycles. The van der Waals surface area contributed by atoms with Crippen molar-refractivity contribution < 1.29 is 14.3 Å². The molecule has 1 N–H and O–H groups in total. The largest absolute Gasteiger partial charge is 0.497 e. The minimum Gasteiger partial charge on any atom is -0.497 e. The van der Waals surface area contributed by atoms with Gasteiger partial charge in [-0.05, 0) is 37.1 Å². The standard InChI is InChI=1S/C22H24N2O4/c1-4-13-24-19-8-6-5-7-18(19)15(2)20(21(24)25)28-22(26)23-14-16-9-11-17(27-3)12-10-16/h5-12H,4,13-14H2,1-3H3,(H,23,26). The van der Waals surface area contributed by atoms with Gasteiger partial charge in [0, 0.05) is 24.0 Å². The molecule has 0 bridgehead atoms. The maximum atomic E-state index is 12.9. The summed E-state index contributed by atoms with van der Waals surface area (Å²) in [6.45, 7) is 4.65. The van der Waals surface area contributed by atoms with Crippen molar-refractivity contribution in [1.82, 2.24) is 9.88 Å². The van der Waals surface area contributed by atoms with Crippen molar-refractivity contribution in [3.63, 3.8) is 0 Å². The van der Waals surface area contributed by atoms with E-state index in [9.17, 15) is 9.59 Å². The first-order valence-electron chi connectivity index (χ1n) is 9.26. The van der Waals surface area contributed by atoms with E-state index < -0.39 is 6.09 Å². The number of nitrogens with zero attached hydrogens (tertiary/aromatic N) is 1. The van der Waals surface area contributed by atoms with E-state index in [4.69, 9.17) is 9.47 Å². The first-order valence-corrected chi connectivity index (χ1v) is 9.26. The van der Waals surface area contributed by atoms with Crippen molar-refractivity contribution in [2.75, 3.05) is 7.11 Å². The Bertz CT molecular complexity index is 1040. The van der Waals surface area contributed by atoms with Crippen LogP contribution < -0.4 is 20.3 Å². The lowest BCUT2D eigenvalue weighted by molar-refractivity contribution is 0.199. The Morgan fingerprint density at radius 3 is 2.50 bits per heavy atom. The molecule has 0 unspecified atom stereocenters. The van der Waals surface area contributed by atoms with Gasteiger partial charge in [-0.3, -0.25) is 4.79 Å². The van der Waals surface area contributed by atoms with Crippen LogP contribution in [0.15, 0.2) is 53.3 Å². The number of amides is 1. The van der Waals surface area contributed by atoms with Gasteiger partial charge < -0.3 is 19.4 Å². The van der Waals surface area contributed by atoms with Gasteiger partial charge in [0.25, 0.3) is 5.56 Å². The van der Waals surface area contributed by atoms with E-state index >= 15 is 0 Å². The fourth-order valence-corrected chi connectivity index (χ4v) is 3.15. The molecular weight excluding hydrogens is 356 g/mol. The summed E-state index contributed by atoms with van der Waals surface area (Å²) in [4.78, 5) is 25.2. The zero-order valence-corrected chi connectivity index (χ0v) is 16.3. The summed E-state index contributed by atoms with van der Waals surface area (Å²) in [6.07, 6.45) is 0.144. The number of ether oxygens (including phenoxy) is 2. The number of hydrogen-bond acceptors (Lipinski definition) is 4. The highest BCUT2D eigenvalue weighted by Gasteiger charge is 2.17. The molecule has 0 saturated carbocycles. The van der Waals surface area contributed by atoms with Crippen LogP contribution in [0.3, 0.4) is 0 Å². The van der Waals surface area contributed by atoms with Crippen LogP contribution in [0.25, 0.3) is 10.9 Å². The zero-order valence-electron chi connectivity index (χ0n) is 16.3. The molecule has 1 heterocycles.